The molecule has 2 aromatic heterocycles. The Morgan fingerprint density at radius 1 is 1.19 bits per heavy atom. The van der Waals surface area contributed by atoms with Crippen LogP contribution in [0.15, 0.2) is 54.9 Å². The number of H-pyrrole nitrogens is 1. The maximum absolute atomic E-state index is 11.8. The summed E-state index contributed by atoms with van der Waals surface area (Å²) in [5.41, 5.74) is 4.14. The fourth-order valence-electron chi connectivity index (χ4n) is 2.77. The molecule has 0 aliphatic carbocycles. The number of esters is 1. The van der Waals surface area contributed by atoms with E-state index in [0.717, 1.165) is 22.8 Å². The average Bonchev–Trinajstić information content (AvgIpc) is 3.25. The number of imidazole rings is 1. The van der Waals surface area contributed by atoms with Gasteiger partial charge in [0.1, 0.15) is 12.0 Å². The minimum Gasteiger partial charge on any atom is -0.465 e. The first-order chi connectivity index (χ1) is 12.7. The zero-order valence-corrected chi connectivity index (χ0v) is 14.4. The first-order valence-electron chi connectivity index (χ1n) is 8.10. The SMILES string of the molecule is COC(=O)c1cccc(Nc2c(-c3ccc(C)cc3)nc3nc[nH]n23)c1. The third-order valence-corrected chi connectivity index (χ3v) is 4.10. The Balaban J connectivity index is 1.78. The minimum atomic E-state index is -0.382. The van der Waals surface area contributed by atoms with Crippen molar-refractivity contribution in [2.24, 2.45) is 0 Å². The van der Waals surface area contributed by atoms with Crippen molar-refractivity contribution < 1.29 is 9.53 Å². The highest BCUT2D eigenvalue weighted by Crippen LogP contribution is 2.30. The molecule has 2 heterocycles. The molecular weight excluding hydrogens is 330 g/mol. The molecule has 2 aromatic carbocycles. The van der Waals surface area contributed by atoms with E-state index in [1.807, 2.05) is 37.3 Å². The van der Waals surface area contributed by atoms with E-state index in [4.69, 9.17) is 4.74 Å². The van der Waals surface area contributed by atoms with Crippen LogP contribution in [0.1, 0.15) is 15.9 Å². The molecule has 0 atom stereocenters. The monoisotopic (exact) mass is 347 g/mol. The van der Waals surface area contributed by atoms with E-state index in [-0.39, 0.29) is 5.97 Å². The first-order valence-corrected chi connectivity index (χ1v) is 8.10. The van der Waals surface area contributed by atoms with E-state index in [2.05, 4.69) is 20.4 Å². The number of fused-ring (bicyclic) bond motifs is 1. The molecule has 0 unspecified atom stereocenters. The highest BCUT2D eigenvalue weighted by molar-refractivity contribution is 5.91. The number of nitrogens with one attached hydrogen (secondary N) is 2. The van der Waals surface area contributed by atoms with Gasteiger partial charge in [0.15, 0.2) is 5.82 Å². The van der Waals surface area contributed by atoms with E-state index in [9.17, 15) is 4.79 Å². The zero-order valence-electron chi connectivity index (χ0n) is 14.4. The molecule has 7 heteroatoms. The van der Waals surface area contributed by atoms with E-state index < -0.39 is 0 Å². The number of methoxy groups -OCH3 is 1. The molecule has 7 nitrogen and oxygen atoms in total. The van der Waals surface area contributed by atoms with Gasteiger partial charge in [-0.2, -0.15) is 0 Å². The molecule has 4 rings (SSSR count). The van der Waals surface area contributed by atoms with Gasteiger partial charge < -0.3 is 10.1 Å². The molecule has 0 fully saturated rings. The van der Waals surface area contributed by atoms with Gasteiger partial charge >= 0.3 is 5.97 Å². The fraction of sp³-hybridized carbons (Fsp3) is 0.105. The number of benzene rings is 2. The number of anilines is 2. The fourth-order valence-corrected chi connectivity index (χ4v) is 2.77. The molecule has 0 saturated heterocycles. The molecule has 0 radical (unpaired) electrons. The van der Waals surface area contributed by atoms with Crippen molar-refractivity contribution in [2.75, 3.05) is 12.4 Å². The van der Waals surface area contributed by atoms with Crippen LogP contribution in [0.2, 0.25) is 0 Å². The van der Waals surface area contributed by atoms with Gasteiger partial charge in [0.2, 0.25) is 0 Å². The van der Waals surface area contributed by atoms with Crippen LogP contribution in [0.4, 0.5) is 11.5 Å². The standard InChI is InChI=1S/C19H17N5O2/c1-12-6-8-13(9-7-12)16-17(24-19(23-16)20-11-21-24)22-15-5-3-4-14(10-15)18(25)26-2/h3-11,22H,1-2H3,(H,20,21,23). The number of hydrogen-bond donors (Lipinski definition) is 2. The van der Waals surface area contributed by atoms with Crippen LogP contribution in [-0.4, -0.2) is 32.7 Å². The zero-order chi connectivity index (χ0) is 18.1. The van der Waals surface area contributed by atoms with Gasteiger partial charge in [0.05, 0.1) is 12.7 Å². The third-order valence-electron chi connectivity index (χ3n) is 4.10. The van der Waals surface area contributed by atoms with Crippen LogP contribution in [0.3, 0.4) is 0 Å². The molecule has 0 saturated carbocycles. The third kappa shape index (κ3) is 2.79. The van der Waals surface area contributed by atoms with Crippen LogP contribution in [0.5, 0.6) is 0 Å². The average molecular weight is 347 g/mol. The second kappa shape index (κ2) is 6.36. The van der Waals surface area contributed by atoms with E-state index in [0.29, 0.717) is 11.3 Å². The second-order valence-corrected chi connectivity index (χ2v) is 5.90. The summed E-state index contributed by atoms with van der Waals surface area (Å²) in [5, 5.41) is 6.38. The van der Waals surface area contributed by atoms with Crippen LogP contribution in [0.25, 0.3) is 17.0 Å². The van der Waals surface area contributed by atoms with E-state index in [1.54, 1.807) is 29.0 Å². The summed E-state index contributed by atoms with van der Waals surface area (Å²) in [6, 6.07) is 15.2. The predicted octanol–water partition coefficient (Wildman–Crippen LogP) is 3.56. The van der Waals surface area contributed by atoms with Crippen molar-refractivity contribution in [3.05, 3.63) is 66.0 Å². The number of carbonyl (C=O) groups is 1. The Hall–Kier alpha value is -3.61. The molecule has 4 aromatic rings. The molecule has 0 spiro atoms. The van der Waals surface area contributed by atoms with Gasteiger partial charge in [-0.05, 0) is 25.1 Å². The summed E-state index contributed by atoms with van der Waals surface area (Å²) in [5.74, 6) is 0.919. The lowest BCUT2D eigenvalue weighted by molar-refractivity contribution is 0.0601. The number of ether oxygens (including phenoxy) is 1. The summed E-state index contributed by atoms with van der Waals surface area (Å²) < 4.78 is 6.55. The molecule has 0 aliphatic rings. The Morgan fingerprint density at radius 3 is 2.77 bits per heavy atom. The first kappa shape index (κ1) is 15.9. The number of aromatic nitrogens is 4. The lowest BCUT2D eigenvalue weighted by Gasteiger charge is -2.09. The topological polar surface area (TPSA) is 84.3 Å². The quantitative estimate of drug-likeness (QED) is 0.551. The minimum absolute atomic E-state index is 0.382. The molecule has 0 bridgehead atoms. The summed E-state index contributed by atoms with van der Waals surface area (Å²) in [7, 11) is 1.36. The molecule has 0 amide bonds. The highest BCUT2D eigenvalue weighted by atomic mass is 16.5. The van der Waals surface area contributed by atoms with Crippen molar-refractivity contribution in [3.63, 3.8) is 0 Å². The van der Waals surface area contributed by atoms with Gasteiger partial charge in [-0.25, -0.2) is 19.3 Å². The van der Waals surface area contributed by atoms with Crippen molar-refractivity contribution >= 4 is 23.3 Å². The summed E-state index contributed by atoms with van der Waals surface area (Å²) in [4.78, 5) is 20.6. The Morgan fingerprint density at radius 2 is 2.00 bits per heavy atom. The summed E-state index contributed by atoms with van der Waals surface area (Å²) >= 11 is 0. The van der Waals surface area contributed by atoms with Crippen LogP contribution in [-0.2, 0) is 4.74 Å². The molecule has 26 heavy (non-hydrogen) atoms. The van der Waals surface area contributed by atoms with Crippen LogP contribution >= 0.6 is 0 Å². The van der Waals surface area contributed by atoms with Gasteiger partial charge in [-0.1, -0.05) is 35.9 Å². The lowest BCUT2D eigenvalue weighted by Crippen LogP contribution is -2.03. The summed E-state index contributed by atoms with van der Waals surface area (Å²) in [6.07, 6.45) is 1.58. The largest absolute Gasteiger partial charge is 0.465 e. The predicted molar refractivity (Wildman–Crippen MR) is 98.6 cm³/mol. The highest BCUT2D eigenvalue weighted by Gasteiger charge is 2.16. The second-order valence-electron chi connectivity index (χ2n) is 5.90. The lowest BCUT2D eigenvalue weighted by atomic mass is 10.1. The maximum Gasteiger partial charge on any atom is 0.337 e. The number of rotatable bonds is 4. The van der Waals surface area contributed by atoms with Crippen LogP contribution < -0.4 is 5.32 Å². The van der Waals surface area contributed by atoms with Gasteiger partial charge in [0.25, 0.3) is 5.78 Å². The maximum atomic E-state index is 11.8. The van der Waals surface area contributed by atoms with Crippen molar-refractivity contribution in [1.82, 2.24) is 19.6 Å². The molecule has 0 aliphatic heterocycles. The van der Waals surface area contributed by atoms with Crippen LogP contribution in [0, 0.1) is 6.92 Å². The summed E-state index contributed by atoms with van der Waals surface area (Å²) in [6.45, 7) is 2.04. The number of carbonyl (C=O) groups excluding carboxylic acids is 1. The Bertz CT molecular complexity index is 1080. The molecule has 130 valence electrons. The molecule has 2 N–H and O–H groups in total. The van der Waals surface area contributed by atoms with Crippen molar-refractivity contribution in [2.45, 2.75) is 6.92 Å². The van der Waals surface area contributed by atoms with Gasteiger partial charge in [-0.3, -0.25) is 5.10 Å². The number of nitrogens with zero attached hydrogens (tertiary/aromatic N) is 3. The van der Waals surface area contributed by atoms with Gasteiger partial charge in [-0.15, -0.1) is 0 Å². The van der Waals surface area contributed by atoms with E-state index in [1.165, 1.54) is 12.7 Å². The number of hydrogen-bond acceptors (Lipinski definition) is 5. The number of aryl methyl sites for hydroxylation is 1. The molecular formula is C19H17N5O2. The Labute approximate surface area is 149 Å². The smallest absolute Gasteiger partial charge is 0.337 e. The van der Waals surface area contributed by atoms with Crippen molar-refractivity contribution in [3.8, 4) is 11.3 Å². The normalized spacial score (nSPS) is 10.8. The Kier molecular flexibility index (Phi) is 3.89. The van der Waals surface area contributed by atoms with E-state index >= 15 is 0 Å². The van der Waals surface area contributed by atoms with Gasteiger partial charge in [0, 0.05) is 11.3 Å². The number of aromatic amines is 1. The van der Waals surface area contributed by atoms with Crippen molar-refractivity contribution in [1.29, 1.82) is 0 Å².